The van der Waals surface area contributed by atoms with E-state index in [1.54, 1.807) is 18.2 Å². The maximum Gasteiger partial charge on any atom is 0.282 e. The van der Waals surface area contributed by atoms with Crippen molar-refractivity contribution in [3.63, 3.8) is 0 Å². The van der Waals surface area contributed by atoms with Crippen LogP contribution in [0.25, 0.3) is 0 Å². The van der Waals surface area contributed by atoms with Gasteiger partial charge in [-0.3, -0.25) is 10.1 Å². The highest BCUT2D eigenvalue weighted by atomic mass is 32.2. The monoisotopic (exact) mass is 227 g/mol. The van der Waals surface area contributed by atoms with Crippen LogP contribution < -0.4 is 0 Å². The van der Waals surface area contributed by atoms with Gasteiger partial charge in [0.05, 0.1) is 15.9 Å². The van der Waals surface area contributed by atoms with Crippen LogP contribution >= 0.6 is 11.8 Å². The van der Waals surface area contributed by atoms with Crippen LogP contribution in [-0.4, -0.2) is 21.9 Å². The molecule has 1 N–H and O–H groups in total. The standard InChI is InChI=1S/C10H13NO3S/c1-2-8(12)7-15-10-6-4-3-5-9(10)11(13)14/h3-6,8,12H,2,7H2,1H3. The smallest absolute Gasteiger partial charge is 0.282 e. The minimum absolute atomic E-state index is 0.103. The van der Waals surface area contributed by atoms with Gasteiger partial charge >= 0.3 is 0 Å². The predicted molar refractivity (Wildman–Crippen MR) is 60.1 cm³/mol. The van der Waals surface area contributed by atoms with E-state index in [-0.39, 0.29) is 5.69 Å². The molecule has 1 aromatic carbocycles. The molecule has 1 aromatic rings. The molecular weight excluding hydrogens is 214 g/mol. The van der Waals surface area contributed by atoms with Crippen LogP contribution in [-0.2, 0) is 0 Å². The number of hydrogen-bond donors (Lipinski definition) is 1. The van der Waals surface area contributed by atoms with Crippen molar-refractivity contribution in [3.05, 3.63) is 34.4 Å². The van der Waals surface area contributed by atoms with Gasteiger partial charge in [0.15, 0.2) is 0 Å². The van der Waals surface area contributed by atoms with Gasteiger partial charge in [0.1, 0.15) is 0 Å². The Balaban J connectivity index is 2.72. The van der Waals surface area contributed by atoms with Gasteiger partial charge in [-0.15, -0.1) is 11.8 Å². The zero-order valence-electron chi connectivity index (χ0n) is 8.42. The van der Waals surface area contributed by atoms with Gasteiger partial charge in [-0.05, 0) is 12.5 Å². The third-order valence-corrected chi connectivity index (χ3v) is 3.17. The molecule has 0 heterocycles. The molecule has 0 amide bonds. The topological polar surface area (TPSA) is 63.4 Å². The summed E-state index contributed by atoms with van der Waals surface area (Å²) in [6, 6.07) is 6.57. The van der Waals surface area contributed by atoms with Crippen molar-refractivity contribution < 1.29 is 10.0 Å². The molecule has 1 rings (SSSR count). The Kier molecular flexibility index (Phi) is 4.58. The molecule has 0 aliphatic heterocycles. The number of benzene rings is 1. The molecule has 0 saturated heterocycles. The molecule has 82 valence electrons. The Hall–Kier alpha value is -1.07. The second kappa shape index (κ2) is 5.72. The zero-order valence-corrected chi connectivity index (χ0v) is 9.24. The van der Waals surface area contributed by atoms with Gasteiger partial charge < -0.3 is 5.11 Å². The fourth-order valence-electron chi connectivity index (χ4n) is 1.03. The van der Waals surface area contributed by atoms with E-state index < -0.39 is 11.0 Å². The van der Waals surface area contributed by atoms with Gasteiger partial charge in [-0.1, -0.05) is 19.1 Å². The maximum atomic E-state index is 10.7. The number of para-hydroxylation sites is 1. The lowest BCUT2D eigenvalue weighted by Crippen LogP contribution is -2.07. The quantitative estimate of drug-likeness (QED) is 0.477. The SMILES string of the molecule is CCC(O)CSc1ccccc1[N+](=O)[O-]. The lowest BCUT2D eigenvalue weighted by Gasteiger charge is -2.06. The first-order valence-corrected chi connectivity index (χ1v) is 5.68. The van der Waals surface area contributed by atoms with E-state index in [1.807, 2.05) is 6.92 Å². The summed E-state index contributed by atoms with van der Waals surface area (Å²) in [6.07, 6.45) is 0.253. The summed E-state index contributed by atoms with van der Waals surface area (Å²) >= 11 is 1.32. The van der Waals surface area contributed by atoms with Crippen LogP contribution in [0.2, 0.25) is 0 Å². The molecule has 0 spiro atoms. The number of nitrogens with zero attached hydrogens (tertiary/aromatic N) is 1. The van der Waals surface area contributed by atoms with Gasteiger partial charge in [0, 0.05) is 11.8 Å². The number of hydrogen-bond acceptors (Lipinski definition) is 4. The molecule has 0 aromatic heterocycles. The zero-order chi connectivity index (χ0) is 11.3. The molecule has 0 fully saturated rings. The lowest BCUT2D eigenvalue weighted by molar-refractivity contribution is -0.387. The second-order valence-corrected chi connectivity index (χ2v) is 4.16. The molecule has 0 bridgehead atoms. The van der Waals surface area contributed by atoms with E-state index >= 15 is 0 Å². The number of nitro groups is 1. The maximum absolute atomic E-state index is 10.7. The van der Waals surface area contributed by atoms with Gasteiger partial charge in [0.25, 0.3) is 5.69 Å². The fourth-order valence-corrected chi connectivity index (χ4v) is 2.11. The van der Waals surface area contributed by atoms with Gasteiger partial charge in [0.2, 0.25) is 0 Å². The normalized spacial score (nSPS) is 12.4. The molecule has 15 heavy (non-hydrogen) atoms. The average Bonchev–Trinajstić information content (AvgIpc) is 2.26. The minimum atomic E-state index is -0.408. The number of aliphatic hydroxyl groups excluding tert-OH is 1. The molecule has 0 aliphatic carbocycles. The second-order valence-electron chi connectivity index (χ2n) is 3.10. The summed E-state index contributed by atoms with van der Waals surface area (Å²) in [5, 5.41) is 20.0. The highest BCUT2D eigenvalue weighted by molar-refractivity contribution is 7.99. The van der Waals surface area contributed by atoms with Crippen molar-refractivity contribution in [3.8, 4) is 0 Å². The van der Waals surface area contributed by atoms with Crippen molar-refractivity contribution >= 4 is 17.4 Å². The van der Waals surface area contributed by atoms with Crippen LogP contribution in [0.4, 0.5) is 5.69 Å². The van der Waals surface area contributed by atoms with E-state index in [1.165, 1.54) is 17.8 Å². The molecule has 1 atom stereocenters. The van der Waals surface area contributed by atoms with Crippen molar-refractivity contribution in [2.75, 3.05) is 5.75 Å². The first-order valence-electron chi connectivity index (χ1n) is 4.69. The van der Waals surface area contributed by atoms with Crippen LogP contribution in [0.5, 0.6) is 0 Å². The summed E-state index contributed by atoms with van der Waals surface area (Å²) in [5.74, 6) is 0.487. The van der Waals surface area contributed by atoms with Crippen LogP contribution in [0.1, 0.15) is 13.3 Å². The molecule has 0 saturated carbocycles. The molecule has 0 aliphatic rings. The van der Waals surface area contributed by atoms with E-state index in [0.717, 1.165) is 0 Å². The summed E-state index contributed by atoms with van der Waals surface area (Å²) in [7, 11) is 0. The lowest BCUT2D eigenvalue weighted by atomic mass is 10.3. The highest BCUT2D eigenvalue weighted by Gasteiger charge is 2.13. The number of nitro benzene ring substituents is 1. The Labute approximate surface area is 92.5 Å². The molecular formula is C10H13NO3S. The Morgan fingerprint density at radius 2 is 2.20 bits per heavy atom. The van der Waals surface area contributed by atoms with Crippen LogP contribution in [0.15, 0.2) is 29.2 Å². The number of thioether (sulfide) groups is 1. The number of rotatable bonds is 5. The molecule has 1 unspecified atom stereocenters. The first kappa shape index (κ1) is 12.0. The largest absolute Gasteiger partial charge is 0.392 e. The average molecular weight is 227 g/mol. The fraction of sp³-hybridized carbons (Fsp3) is 0.400. The molecule has 4 nitrogen and oxygen atoms in total. The van der Waals surface area contributed by atoms with E-state index in [2.05, 4.69) is 0 Å². The Bertz CT molecular complexity index is 343. The van der Waals surface area contributed by atoms with Crippen molar-refractivity contribution in [1.29, 1.82) is 0 Å². The van der Waals surface area contributed by atoms with E-state index in [0.29, 0.717) is 17.1 Å². The van der Waals surface area contributed by atoms with Crippen LogP contribution in [0.3, 0.4) is 0 Å². The number of aliphatic hydroxyl groups is 1. The van der Waals surface area contributed by atoms with Gasteiger partial charge in [-0.2, -0.15) is 0 Å². The van der Waals surface area contributed by atoms with Crippen LogP contribution in [0, 0.1) is 10.1 Å². The summed E-state index contributed by atoms with van der Waals surface area (Å²) in [4.78, 5) is 10.9. The molecule has 5 heteroatoms. The van der Waals surface area contributed by atoms with E-state index in [4.69, 9.17) is 0 Å². The van der Waals surface area contributed by atoms with Crippen molar-refractivity contribution in [2.24, 2.45) is 0 Å². The third-order valence-electron chi connectivity index (χ3n) is 1.96. The highest BCUT2D eigenvalue weighted by Crippen LogP contribution is 2.29. The third kappa shape index (κ3) is 3.53. The van der Waals surface area contributed by atoms with Gasteiger partial charge in [-0.25, -0.2) is 0 Å². The minimum Gasteiger partial charge on any atom is -0.392 e. The van der Waals surface area contributed by atoms with Crippen molar-refractivity contribution in [1.82, 2.24) is 0 Å². The molecule has 0 radical (unpaired) electrons. The Morgan fingerprint density at radius 3 is 2.80 bits per heavy atom. The van der Waals surface area contributed by atoms with E-state index in [9.17, 15) is 15.2 Å². The Morgan fingerprint density at radius 1 is 1.53 bits per heavy atom. The first-order chi connectivity index (χ1) is 7.15. The summed E-state index contributed by atoms with van der Waals surface area (Å²) in [6.45, 7) is 1.88. The summed E-state index contributed by atoms with van der Waals surface area (Å²) < 4.78 is 0. The predicted octanol–water partition coefficient (Wildman–Crippen LogP) is 2.46. The summed E-state index contributed by atoms with van der Waals surface area (Å²) in [5.41, 5.74) is 0.103. The van der Waals surface area contributed by atoms with Crippen molar-refractivity contribution in [2.45, 2.75) is 24.3 Å².